The average Bonchev–Trinajstić information content (AvgIpc) is 2.75. The summed E-state index contributed by atoms with van der Waals surface area (Å²) in [5.74, 6) is 0.998. The minimum Gasteiger partial charge on any atom is -0.489 e. The number of benzene rings is 2. The van der Waals surface area contributed by atoms with Crippen LogP contribution in [0.3, 0.4) is 0 Å². The summed E-state index contributed by atoms with van der Waals surface area (Å²) in [5.41, 5.74) is 5.26. The molecule has 1 aliphatic heterocycles. The van der Waals surface area contributed by atoms with Gasteiger partial charge in [0, 0.05) is 29.8 Å². The molecule has 1 heterocycles. The molecular formula is C25H28N2O2S. The third-order valence-corrected chi connectivity index (χ3v) is 6.09. The fraction of sp³-hybridized carbons (Fsp3) is 0.360. The number of aryl methyl sites for hydroxylation is 1. The van der Waals surface area contributed by atoms with Crippen LogP contribution in [-0.2, 0) is 11.4 Å². The number of carbonyl (C=O) groups excluding carboxylic acids is 1. The van der Waals surface area contributed by atoms with Crippen molar-refractivity contribution >= 4 is 23.1 Å². The van der Waals surface area contributed by atoms with Crippen molar-refractivity contribution in [3.05, 3.63) is 76.5 Å². The van der Waals surface area contributed by atoms with E-state index in [1.807, 2.05) is 24.3 Å². The molecule has 0 spiro atoms. The van der Waals surface area contributed by atoms with E-state index in [1.54, 1.807) is 0 Å². The first-order valence-corrected chi connectivity index (χ1v) is 11.1. The number of ether oxygens (including phenoxy) is 1. The van der Waals surface area contributed by atoms with Crippen LogP contribution >= 0.6 is 12.2 Å². The highest BCUT2D eigenvalue weighted by Crippen LogP contribution is 2.40. The summed E-state index contributed by atoms with van der Waals surface area (Å²) >= 11 is 5.70. The monoisotopic (exact) mass is 420 g/mol. The van der Waals surface area contributed by atoms with Gasteiger partial charge in [0.05, 0.1) is 6.04 Å². The summed E-state index contributed by atoms with van der Waals surface area (Å²) in [6.07, 6.45) is 3.36. The van der Waals surface area contributed by atoms with Crippen molar-refractivity contribution in [2.75, 3.05) is 6.54 Å². The highest BCUT2D eigenvalue weighted by Gasteiger charge is 2.37. The van der Waals surface area contributed by atoms with Gasteiger partial charge in [0.15, 0.2) is 10.9 Å². The number of rotatable bonds is 6. The number of allylic oxidation sites excluding steroid dienone is 1. The zero-order valence-electron chi connectivity index (χ0n) is 17.6. The first-order valence-electron chi connectivity index (χ1n) is 10.7. The number of hydrogen-bond donors (Lipinski definition) is 1. The van der Waals surface area contributed by atoms with E-state index in [0.717, 1.165) is 54.0 Å². The quantitative estimate of drug-likeness (QED) is 0.649. The van der Waals surface area contributed by atoms with Crippen molar-refractivity contribution < 1.29 is 9.53 Å². The van der Waals surface area contributed by atoms with Gasteiger partial charge in [-0.15, -0.1) is 0 Å². The third kappa shape index (κ3) is 4.12. The molecule has 1 aliphatic carbocycles. The third-order valence-electron chi connectivity index (χ3n) is 5.75. The van der Waals surface area contributed by atoms with Gasteiger partial charge in [0.1, 0.15) is 12.4 Å². The summed E-state index contributed by atoms with van der Waals surface area (Å²) in [6, 6.07) is 16.0. The first-order chi connectivity index (χ1) is 14.6. The van der Waals surface area contributed by atoms with Gasteiger partial charge in [0.25, 0.3) is 0 Å². The van der Waals surface area contributed by atoms with Crippen LogP contribution in [0.15, 0.2) is 59.8 Å². The van der Waals surface area contributed by atoms with E-state index in [2.05, 4.69) is 48.3 Å². The molecule has 0 saturated carbocycles. The second kappa shape index (κ2) is 9.00. The number of para-hydroxylation sites is 1. The largest absolute Gasteiger partial charge is 0.489 e. The predicted molar refractivity (Wildman–Crippen MR) is 123 cm³/mol. The van der Waals surface area contributed by atoms with Crippen LogP contribution in [0.1, 0.15) is 55.3 Å². The Morgan fingerprint density at radius 3 is 2.67 bits per heavy atom. The fourth-order valence-electron chi connectivity index (χ4n) is 4.24. The van der Waals surface area contributed by atoms with E-state index in [-0.39, 0.29) is 11.8 Å². The highest BCUT2D eigenvalue weighted by molar-refractivity contribution is 7.80. The van der Waals surface area contributed by atoms with Crippen molar-refractivity contribution in [2.24, 2.45) is 0 Å². The zero-order valence-corrected chi connectivity index (χ0v) is 18.4. The lowest BCUT2D eigenvalue weighted by molar-refractivity contribution is -0.116. The smallest absolute Gasteiger partial charge is 0.173 e. The zero-order chi connectivity index (χ0) is 21.1. The lowest BCUT2D eigenvalue weighted by atomic mass is 9.84. The highest BCUT2D eigenvalue weighted by atomic mass is 32.1. The van der Waals surface area contributed by atoms with Crippen LogP contribution in [0.5, 0.6) is 5.75 Å². The van der Waals surface area contributed by atoms with Crippen LogP contribution in [0.2, 0.25) is 0 Å². The van der Waals surface area contributed by atoms with E-state index in [1.165, 1.54) is 5.56 Å². The van der Waals surface area contributed by atoms with Crippen molar-refractivity contribution in [3.63, 3.8) is 0 Å². The molecule has 5 heteroatoms. The van der Waals surface area contributed by atoms with Crippen molar-refractivity contribution in [1.82, 2.24) is 10.2 Å². The second-order valence-electron chi connectivity index (χ2n) is 7.98. The molecule has 2 aliphatic rings. The Balaban J connectivity index is 1.67. The molecule has 1 atom stereocenters. The SMILES string of the molecule is CCCN1C(=S)NC(c2ccccc2OCc2ccc(C)cc2)C2=C1CCCC2=O. The number of ketones is 1. The lowest BCUT2D eigenvalue weighted by Crippen LogP contribution is -2.49. The topological polar surface area (TPSA) is 41.6 Å². The predicted octanol–water partition coefficient (Wildman–Crippen LogP) is 5.22. The van der Waals surface area contributed by atoms with Gasteiger partial charge in [-0.1, -0.05) is 55.0 Å². The Morgan fingerprint density at radius 2 is 1.90 bits per heavy atom. The number of nitrogens with one attached hydrogen (secondary N) is 1. The normalized spacial score (nSPS) is 18.9. The molecule has 0 amide bonds. The average molecular weight is 421 g/mol. The van der Waals surface area contributed by atoms with Crippen molar-refractivity contribution in [3.8, 4) is 5.75 Å². The van der Waals surface area contributed by atoms with Crippen LogP contribution in [0, 0.1) is 6.92 Å². The Labute approximate surface area is 183 Å². The maximum absolute atomic E-state index is 13.0. The maximum Gasteiger partial charge on any atom is 0.173 e. The van der Waals surface area contributed by atoms with Crippen LogP contribution < -0.4 is 10.1 Å². The molecule has 4 nitrogen and oxygen atoms in total. The van der Waals surface area contributed by atoms with Crippen molar-refractivity contribution in [2.45, 2.75) is 52.2 Å². The maximum atomic E-state index is 13.0. The number of hydrogen-bond acceptors (Lipinski definition) is 3. The molecule has 30 heavy (non-hydrogen) atoms. The van der Waals surface area contributed by atoms with Crippen LogP contribution in [0.25, 0.3) is 0 Å². The van der Waals surface area contributed by atoms with Crippen LogP contribution in [-0.4, -0.2) is 22.3 Å². The van der Waals surface area contributed by atoms with Crippen molar-refractivity contribution in [1.29, 1.82) is 0 Å². The van der Waals surface area contributed by atoms with Gasteiger partial charge in [0.2, 0.25) is 0 Å². The van der Waals surface area contributed by atoms with Gasteiger partial charge in [-0.25, -0.2) is 0 Å². The molecule has 1 unspecified atom stereocenters. The van der Waals surface area contributed by atoms with E-state index >= 15 is 0 Å². The fourth-order valence-corrected chi connectivity index (χ4v) is 4.56. The van der Waals surface area contributed by atoms with Gasteiger partial charge >= 0.3 is 0 Å². The minimum atomic E-state index is -0.261. The lowest BCUT2D eigenvalue weighted by Gasteiger charge is -2.41. The standard InChI is InChI=1S/C25H28N2O2S/c1-3-15-27-20-8-6-9-21(28)23(20)24(26-25(27)30)19-7-4-5-10-22(19)29-16-18-13-11-17(2)12-14-18/h4-5,7,10-14,24H,3,6,8-9,15-16H2,1-2H3,(H,26,30). The number of nitrogens with zero attached hydrogens (tertiary/aromatic N) is 1. The molecule has 0 fully saturated rings. The van der Waals surface area contributed by atoms with E-state index in [9.17, 15) is 4.79 Å². The number of thiocarbonyl (C=S) groups is 1. The van der Waals surface area contributed by atoms with Crippen LogP contribution in [0.4, 0.5) is 0 Å². The molecule has 0 saturated heterocycles. The minimum absolute atomic E-state index is 0.214. The van der Waals surface area contributed by atoms with Gasteiger partial charge in [-0.3, -0.25) is 4.79 Å². The Kier molecular flexibility index (Phi) is 6.18. The summed E-state index contributed by atoms with van der Waals surface area (Å²) in [4.78, 5) is 15.1. The number of carbonyl (C=O) groups is 1. The Morgan fingerprint density at radius 1 is 1.13 bits per heavy atom. The van der Waals surface area contributed by atoms with E-state index in [0.29, 0.717) is 18.1 Å². The first kappa shape index (κ1) is 20.6. The van der Waals surface area contributed by atoms with Gasteiger partial charge in [-0.05, 0) is 50.0 Å². The second-order valence-corrected chi connectivity index (χ2v) is 8.37. The van der Waals surface area contributed by atoms with E-state index < -0.39 is 0 Å². The van der Waals surface area contributed by atoms with Gasteiger partial charge < -0.3 is 15.0 Å². The summed E-state index contributed by atoms with van der Waals surface area (Å²) in [7, 11) is 0. The molecule has 2 aromatic carbocycles. The van der Waals surface area contributed by atoms with Gasteiger partial charge in [-0.2, -0.15) is 0 Å². The summed E-state index contributed by atoms with van der Waals surface area (Å²) in [5, 5.41) is 4.14. The molecule has 1 N–H and O–H groups in total. The number of Topliss-reactive ketones (excluding diaryl/α,β-unsaturated/α-hetero) is 1. The Bertz CT molecular complexity index is 981. The molecular weight excluding hydrogens is 392 g/mol. The molecule has 0 bridgehead atoms. The molecule has 0 aromatic heterocycles. The molecule has 2 aromatic rings. The summed E-state index contributed by atoms with van der Waals surface area (Å²) < 4.78 is 6.21. The molecule has 0 radical (unpaired) electrons. The Hall–Kier alpha value is -2.66. The summed E-state index contributed by atoms with van der Waals surface area (Å²) in [6.45, 7) is 5.52. The molecule has 156 valence electrons. The molecule has 4 rings (SSSR count). The van der Waals surface area contributed by atoms with E-state index in [4.69, 9.17) is 17.0 Å².